The van der Waals surface area contributed by atoms with E-state index < -0.39 is 18.1 Å². The summed E-state index contributed by atoms with van der Waals surface area (Å²) >= 11 is 0. The second kappa shape index (κ2) is 11.8. The van der Waals surface area contributed by atoms with Crippen LogP contribution in [0.25, 0.3) is 17.0 Å². The Morgan fingerprint density at radius 3 is 2.46 bits per heavy atom. The first-order valence-electron chi connectivity index (χ1n) is 13.9. The Morgan fingerprint density at radius 2 is 1.72 bits per heavy atom. The Hall–Kier alpha value is -3.30. The van der Waals surface area contributed by atoms with Crippen LogP contribution in [-0.4, -0.2) is 58.9 Å². The lowest BCUT2D eigenvalue weighted by Gasteiger charge is -2.35. The van der Waals surface area contributed by atoms with Crippen molar-refractivity contribution in [3.05, 3.63) is 47.7 Å². The highest BCUT2D eigenvalue weighted by Crippen LogP contribution is 2.23. The minimum absolute atomic E-state index is 0.0256. The SMILES string of the molecule is CC(C)C1NCC(C)(C)/C=C/c2ccc3ccc(nc3c2)[C@@H](C)NC(=O)[C@@H]2CCCN(N2)C(=O)[C@H](C)NC1=O. The molecular weight excluding hydrogens is 492 g/mol. The molecule has 210 valence electrons. The van der Waals surface area contributed by atoms with Crippen LogP contribution in [0.5, 0.6) is 0 Å². The lowest BCUT2D eigenvalue weighted by atomic mass is 9.90. The number of pyridine rings is 1. The Morgan fingerprint density at radius 1 is 1.00 bits per heavy atom. The van der Waals surface area contributed by atoms with Gasteiger partial charge in [0.2, 0.25) is 11.8 Å². The average Bonchev–Trinajstić information content (AvgIpc) is 2.90. The summed E-state index contributed by atoms with van der Waals surface area (Å²) in [5.41, 5.74) is 5.51. The van der Waals surface area contributed by atoms with Gasteiger partial charge in [0.25, 0.3) is 5.91 Å². The van der Waals surface area contributed by atoms with E-state index in [1.54, 1.807) is 6.92 Å². The van der Waals surface area contributed by atoms with Gasteiger partial charge < -0.3 is 16.0 Å². The van der Waals surface area contributed by atoms with Crippen molar-refractivity contribution in [3.63, 3.8) is 0 Å². The Balaban J connectivity index is 1.67. The third-order valence-corrected chi connectivity index (χ3v) is 7.49. The van der Waals surface area contributed by atoms with E-state index in [0.29, 0.717) is 25.9 Å². The second-order valence-electron chi connectivity index (χ2n) is 11.9. The topological polar surface area (TPSA) is 115 Å². The zero-order chi connectivity index (χ0) is 28.3. The monoisotopic (exact) mass is 534 g/mol. The molecule has 0 saturated carbocycles. The zero-order valence-electron chi connectivity index (χ0n) is 23.9. The molecule has 1 aromatic heterocycles. The number of hydrogen-bond acceptors (Lipinski definition) is 6. The van der Waals surface area contributed by atoms with Crippen molar-refractivity contribution >= 4 is 34.7 Å². The summed E-state index contributed by atoms with van der Waals surface area (Å²) < 4.78 is 0. The second-order valence-corrected chi connectivity index (χ2v) is 11.9. The molecule has 9 nitrogen and oxygen atoms in total. The summed E-state index contributed by atoms with van der Waals surface area (Å²) in [4.78, 5) is 44.4. The molecule has 1 unspecified atom stereocenters. The highest BCUT2D eigenvalue weighted by molar-refractivity contribution is 5.90. The van der Waals surface area contributed by atoms with Crippen LogP contribution in [0.2, 0.25) is 0 Å². The number of nitrogens with zero attached hydrogens (tertiary/aromatic N) is 2. The number of fused-ring (bicyclic) bond motifs is 4. The number of amides is 3. The number of carbonyl (C=O) groups excluding carboxylic acids is 3. The number of hydrazine groups is 1. The summed E-state index contributed by atoms with van der Waals surface area (Å²) in [5.74, 6) is -0.644. The van der Waals surface area contributed by atoms with Crippen molar-refractivity contribution in [3.8, 4) is 0 Å². The Bertz CT molecular complexity index is 1260. The Kier molecular flexibility index (Phi) is 8.71. The van der Waals surface area contributed by atoms with Gasteiger partial charge in [-0.25, -0.2) is 5.43 Å². The van der Waals surface area contributed by atoms with Gasteiger partial charge in [0.05, 0.1) is 23.3 Å². The van der Waals surface area contributed by atoms with Crippen molar-refractivity contribution < 1.29 is 14.4 Å². The third-order valence-electron chi connectivity index (χ3n) is 7.49. The molecule has 1 fully saturated rings. The number of aromatic nitrogens is 1. The van der Waals surface area contributed by atoms with Crippen molar-refractivity contribution in [2.45, 2.75) is 78.6 Å². The summed E-state index contributed by atoms with van der Waals surface area (Å²) in [6, 6.07) is 8.07. The molecule has 3 amide bonds. The van der Waals surface area contributed by atoms with Gasteiger partial charge in [0, 0.05) is 18.5 Å². The van der Waals surface area contributed by atoms with E-state index in [9.17, 15) is 14.4 Å². The first kappa shape index (κ1) is 28.7. The zero-order valence-corrected chi connectivity index (χ0v) is 23.9. The van der Waals surface area contributed by atoms with Gasteiger partial charge in [0.15, 0.2) is 0 Å². The van der Waals surface area contributed by atoms with Crippen LogP contribution in [0.4, 0.5) is 0 Å². The molecule has 4 atom stereocenters. The molecule has 39 heavy (non-hydrogen) atoms. The fraction of sp³-hybridized carbons (Fsp3) is 0.533. The quantitative estimate of drug-likeness (QED) is 0.447. The molecule has 2 aliphatic heterocycles. The molecule has 3 heterocycles. The van der Waals surface area contributed by atoms with Crippen molar-refractivity contribution in [1.29, 1.82) is 0 Å². The summed E-state index contributed by atoms with van der Waals surface area (Å²) in [6.07, 6.45) is 5.51. The van der Waals surface area contributed by atoms with E-state index in [1.807, 2.05) is 45.0 Å². The standard InChI is InChI=1S/C30H42N6O3/c1-18(2)26-28(38)33-20(4)29(39)36-15-7-8-24(35-36)27(37)32-19(3)23-12-11-22-10-9-21(16-25(22)34-23)13-14-30(5,6)17-31-26/h9-14,16,18-20,24,26,31,35H,7-8,15,17H2,1-6H3,(H,32,37)(H,33,38)/b14-13+/t19-,20+,24+,26?/m1/s1. The molecule has 9 heteroatoms. The predicted octanol–water partition coefficient (Wildman–Crippen LogP) is 3.08. The minimum Gasteiger partial charge on any atom is -0.347 e. The molecule has 0 aliphatic carbocycles. The van der Waals surface area contributed by atoms with Crippen LogP contribution in [-0.2, 0) is 14.4 Å². The van der Waals surface area contributed by atoms with E-state index in [2.05, 4.69) is 53.4 Å². The van der Waals surface area contributed by atoms with E-state index in [4.69, 9.17) is 4.98 Å². The normalized spacial score (nSPS) is 27.8. The van der Waals surface area contributed by atoms with E-state index in [-0.39, 0.29) is 35.1 Å². The van der Waals surface area contributed by atoms with E-state index in [0.717, 1.165) is 22.2 Å². The van der Waals surface area contributed by atoms with Crippen LogP contribution >= 0.6 is 0 Å². The molecule has 1 aromatic carbocycles. The molecular formula is C30H42N6O3. The highest BCUT2D eigenvalue weighted by Gasteiger charge is 2.33. The van der Waals surface area contributed by atoms with Crippen molar-refractivity contribution in [2.75, 3.05) is 13.1 Å². The number of hydrogen-bond donors (Lipinski definition) is 4. The minimum atomic E-state index is -0.738. The van der Waals surface area contributed by atoms with Gasteiger partial charge in [-0.1, -0.05) is 58.0 Å². The molecule has 4 N–H and O–H groups in total. The van der Waals surface area contributed by atoms with Crippen LogP contribution < -0.4 is 21.4 Å². The van der Waals surface area contributed by atoms with Gasteiger partial charge >= 0.3 is 0 Å². The van der Waals surface area contributed by atoms with E-state index >= 15 is 0 Å². The first-order valence-corrected chi connectivity index (χ1v) is 13.9. The van der Waals surface area contributed by atoms with Crippen LogP contribution in [0.3, 0.4) is 0 Å². The maximum absolute atomic E-state index is 13.2. The largest absolute Gasteiger partial charge is 0.347 e. The third kappa shape index (κ3) is 7.02. The van der Waals surface area contributed by atoms with Gasteiger partial charge in [0.1, 0.15) is 12.1 Å². The van der Waals surface area contributed by atoms with Crippen molar-refractivity contribution in [2.24, 2.45) is 11.3 Å². The average molecular weight is 535 g/mol. The number of benzene rings is 1. The predicted molar refractivity (Wildman–Crippen MR) is 153 cm³/mol. The van der Waals surface area contributed by atoms with Gasteiger partial charge in [-0.3, -0.25) is 24.4 Å². The molecule has 0 spiro atoms. The molecule has 5 bridgehead atoms. The summed E-state index contributed by atoms with van der Waals surface area (Å²) in [6.45, 7) is 12.9. The molecule has 2 aromatic rings. The fourth-order valence-electron chi connectivity index (χ4n) is 5.00. The highest BCUT2D eigenvalue weighted by atomic mass is 16.2. The lowest BCUT2D eigenvalue weighted by Crippen LogP contribution is -2.61. The van der Waals surface area contributed by atoms with Gasteiger partial charge in [-0.2, -0.15) is 0 Å². The summed E-state index contributed by atoms with van der Waals surface area (Å²) in [7, 11) is 0. The van der Waals surface area contributed by atoms with Gasteiger partial charge in [-0.15, -0.1) is 0 Å². The summed E-state index contributed by atoms with van der Waals surface area (Å²) in [5, 5.41) is 11.9. The fourth-order valence-corrected chi connectivity index (χ4v) is 5.00. The first-order chi connectivity index (χ1) is 18.4. The molecule has 1 saturated heterocycles. The van der Waals surface area contributed by atoms with Crippen LogP contribution in [0.15, 0.2) is 36.4 Å². The molecule has 2 aliphatic rings. The van der Waals surface area contributed by atoms with Crippen LogP contribution in [0, 0.1) is 11.3 Å². The lowest BCUT2D eigenvalue weighted by molar-refractivity contribution is -0.143. The number of rotatable bonds is 1. The van der Waals surface area contributed by atoms with E-state index in [1.165, 1.54) is 5.01 Å². The smallest absolute Gasteiger partial charge is 0.258 e. The maximum atomic E-state index is 13.2. The molecule has 0 radical (unpaired) electrons. The maximum Gasteiger partial charge on any atom is 0.258 e. The number of nitrogens with one attached hydrogen (secondary N) is 4. The van der Waals surface area contributed by atoms with Crippen molar-refractivity contribution in [1.82, 2.24) is 31.4 Å². The number of carbonyl (C=O) groups is 3. The molecule has 4 rings (SSSR count). The Labute approximate surface area is 231 Å². The van der Waals surface area contributed by atoms with Crippen LogP contribution in [0.1, 0.15) is 71.7 Å². The van der Waals surface area contributed by atoms with Gasteiger partial charge in [-0.05, 0) is 55.7 Å².